The van der Waals surface area contributed by atoms with Crippen molar-refractivity contribution < 1.29 is 14.3 Å². The van der Waals surface area contributed by atoms with Crippen LogP contribution in [-0.4, -0.2) is 34.9 Å². The Hall–Kier alpha value is -3.21. The lowest BCUT2D eigenvalue weighted by Gasteiger charge is -2.21. The molecule has 0 aliphatic rings. The lowest BCUT2D eigenvalue weighted by Crippen LogP contribution is -2.34. The molecule has 0 bridgehead atoms. The Bertz CT molecular complexity index is 904. The first-order valence-corrected chi connectivity index (χ1v) is 8.51. The van der Waals surface area contributed by atoms with Crippen LogP contribution >= 0.6 is 0 Å². The molecule has 0 radical (unpaired) electrons. The fourth-order valence-electron chi connectivity index (χ4n) is 2.76. The highest BCUT2D eigenvalue weighted by molar-refractivity contribution is 6.03. The maximum absolute atomic E-state index is 12.4. The van der Waals surface area contributed by atoms with Crippen molar-refractivity contribution in [3.05, 3.63) is 78.0 Å². The number of ether oxygens (including phenoxy) is 1. The minimum atomic E-state index is -0.521. The molecule has 0 spiro atoms. The highest BCUT2D eigenvalue weighted by Crippen LogP contribution is 2.17. The summed E-state index contributed by atoms with van der Waals surface area (Å²) in [6, 6.07) is 18.6. The van der Waals surface area contributed by atoms with Gasteiger partial charge in [0.2, 0.25) is 0 Å². The number of hydrogen-bond donors (Lipinski definition) is 0. The van der Waals surface area contributed by atoms with Crippen LogP contribution in [0.2, 0.25) is 0 Å². The van der Waals surface area contributed by atoms with Crippen LogP contribution in [0.25, 0.3) is 10.9 Å². The van der Waals surface area contributed by atoms with Gasteiger partial charge in [-0.3, -0.25) is 9.78 Å². The molecule has 0 saturated heterocycles. The largest absolute Gasteiger partial charge is 0.452 e. The third-order valence-corrected chi connectivity index (χ3v) is 4.14. The number of pyridine rings is 1. The predicted octanol–water partition coefficient (Wildman–Crippen LogP) is 3.44. The van der Waals surface area contributed by atoms with Crippen LogP contribution in [0.3, 0.4) is 0 Å². The minimum absolute atomic E-state index is 0.219. The third kappa shape index (κ3) is 4.06. The SMILES string of the molecule is CCN(Cc1ccccc1)C(=O)COC(=O)c1cccc2ncccc12. The third-order valence-electron chi connectivity index (χ3n) is 4.14. The van der Waals surface area contributed by atoms with E-state index in [1.807, 2.05) is 49.4 Å². The number of nitrogens with zero attached hydrogens (tertiary/aromatic N) is 2. The number of aromatic nitrogens is 1. The van der Waals surface area contributed by atoms with E-state index in [1.54, 1.807) is 29.3 Å². The maximum Gasteiger partial charge on any atom is 0.339 e. The summed E-state index contributed by atoms with van der Waals surface area (Å²) in [4.78, 5) is 30.7. The van der Waals surface area contributed by atoms with Crippen LogP contribution in [0, 0.1) is 0 Å². The molecule has 1 aromatic heterocycles. The summed E-state index contributed by atoms with van der Waals surface area (Å²) in [5.74, 6) is -0.740. The van der Waals surface area contributed by atoms with Crippen LogP contribution in [0.1, 0.15) is 22.8 Å². The molecule has 5 heteroatoms. The van der Waals surface area contributed by atoms with Gasteiger partial charge in [-0.15, -0.1) is 0 Å². The highest BCUT2D eigenvalue weighted by Gasteiger charge is 2.17. The molecule has 5 nitrogen and oxygen atoms in total. The number of carbonyl (C=O) groups is 2. The van der Waals surface area contributed by atoms with Crippen LogP contribution < -0.4 is 0 Å². The van der Waals surface area contributed by atoms with Crippen LogP contribution in [0.15, 0.2) is 66.9 Å². The lowest BCUT2D eigenvalue weighted by molar-refractivity contribution is -0.134. The summed E-state index contributed by atoms with van der Waals surface area (Å²) >= 11 is 0. The number of amides is 1. The van der Waals surface area contributed by atoms with E-state index in [-0.39, 0.29) is 12.5 Å². The molecule has 2 aromatic carbocycles. The molecule has 26 heavy (non-hydrogen) atoms. The Morgan fingerprint density at radius 2 is 1.81 bits per heavy atom. The van der Waals surface area contributed by atoms with E-state index in [9.17, 15) is 9.59 Å². The van der Waals surface area contributed by atoms with Crippen molar-refractivity contribution in [2.24, 2.45) is 0 Å². The standard InChI is InChI=1S/C21H20N2O3/c1-2-23(14-16-8-4-3-5-9-16)20(24)15-26-21(25)18-10-6-12-19-17(18)11-7-13-22-19/h3-13H,2,14-15H2,1H3. The number of rotatable bonds is 6. The molecule has 0 unspecified atom stereocenters. The molecule has 0 saturated carbocycles. The number of esters is 1. The summed E-state index contributed by atoms with van der Waals surface area (Å²) in [6.45, 7) is 2.66. The fourth-order valence-corrected chi connectivity index (χ4v) is 2.76. The van der Waals surface area contributed by atoms with Gasteiger partial charge in [0.05, 0.1) is 11.1 Å². The van der Waals surface area contributed by atoms with Crippen molar-refractivity contribution in [2.45, 2.75) is 13.5 Å². The van der Waals surface area contributed by atoms with E-state index in [0.29, 0.717) is 29.6 Å². The van der Waals surface area contributed by atoms with E-state index in [4.69, 9.17) is 4.74 Å². The van der Waals surface area contributed by atoms with Crippen LogP contribution in [0.4, 0.5) is 0 Å². The molecule has 0 aliphatic heterocycles. The van der Waals surface area contributed by atoms with Crippen molar-refractivity contribution in [2.75, 3.05) is 13.2 Å². The monoisotopic (exact) mass is 348 g/mol. The lowest BCUT2D eigenvalue weighted by atomic mass is 10.1. The molecule has 132 valence electrons. The van der Waals surface area contributed by atoms with E-state index in [2.05, 4.69) is 4.98 Å². The van der Waals surface area contributed by atoms with Gasteiger partial charge >= 0.3 is 5.97 Å². The Labute approximate surface area is 152 Å². The Kier molecular flexibility index (Phi) is 5.59. The van der Waals surface area contributed by atoms with Gasteiger partial charge in [-0.05, 0) is 30.7 Å². The minimum Gasteiger partial charge on any atom is -0.452 e. The first-order valence-electron chi connectivity index (χ1n) is 8.51. The predicted molar refractivity (Wildman–Crippen MR) is 99.6 cm³/mol. The number of likely N-dealkylation sites (N-methyl/N-ethyl adjacent to an activating group) is 1. The number of carbonyl (C=O) groups excluding carboxylic acids is 2. The van der Waals surface area contributed by atoms with Crippen molar-refractivity contribution >= 4 is 22.8 Å². The second-order valence-corrected chi connectivity index (χ2v) is 5.85. The zero-order valence-corrected chi connectivity index (χ0v) is 14.6. The number of fused-ring (bicyclic) bond motifs is 1. The molecule has 0 atom stereocenters. The molecule has 0 aliphatic carbocycles. The fraction of sp³-hybridized carbons (Fsp3) is 0.190. The summed E-state index contributed by atoms with van der Waals surface area (Å²) in [5, 5.41) is 0.712. The molecule has 1 amide bonds. The molecule has 3 aromatic rings. The zero-order chi connectivity index (χ0) is 18.4. The second-order valence-electron chi connectivity index (χ2n) is 5.85. The van der Waals surface area contributed by atoms with E-state index < -0.39 is 5.97 Å². The van der Waals surface area contributed by atoms with Gasteiger partial charge in [-0.1, -0.05) is 42.5 Å². The number of hydrogen-bond acceptors (Lipinski definition) is 4. The van der Waals surface area contributed by atoms with Crippen LogP contribution in [-0.2, 0) is 16.1 Å². The molecule has 0 fully saturated rings. The van der Waals surface area contributed by atoms with Gasteiger partial charge in [0.15, 0.2) is 6.61 Å². The van der Waals surface area contributed by atoms with Gasteiger partial charge in [-0.25, -0.2) is 4.79 Å². The summed E-state index contributed by atoms with van der Waals surface area (Å²) in [5.41, 5.74) is 2.16. The van der Waals surface area contributed by atoms with E-state index in [1.165, 1.54) is 0 Å². The van der Waals surface area contributed by atoms with E-state index >= 15 is 0 Å². The molecule has 0 N–H and O–H groups in total. The van der Waals surface area contributed by atoms with Gasteiger partial charge < -0.3 is 9.64 Å². The molecular formula is C21H20N2O3. The van der Waals surface area contributed by atoms with Crippen molar-refractivity contribution in [3.63, 3.8) is 0 Å². The quantitative estimate of drug-likeness (QED) is 0.640. The van der Waals surface area contributed by atoms with E-state index in [0.717, 1.165) is 5.56 Å². The van der Waals surface area contributed by atoms with Gasteiger partial charge in [0.25, 0.3) is 5.91 Å². The normalized spacial score (nSPS) is 10.5. The zero-order valence-electron chi connectivity index (χ0n) is 14.6. The maximum atomic E-state index is 12.4. The van der Waals surface area contributed by atoms with Crippen LogP contribution in [0.5, 0.6) is 0 Å². The summed E-state index contributed by atoms with van der Waals surface area (Å²) in [7, 11) is 0. The molecular weight excluding hydrogens is 328 g/mol. The number of benzene rings is 2. The second kappa shape index (κ2) is 8.25. The summed E-state index contributed by atoms with van der Waals surface area (Å²) < 4.78 is 5.26. The molecule has 1 heterocycles. The highest BCUT2D eigenvalue weighted by atomic mass is 16.5. The Morgan fingerprint density at radius 1 is 1.00 bits per heavy atom. The Morgan fingerprint density at radius 3 is 2.58 bits per heavy atom. The first kappa shape index (κ1) is 17.6. The first-order chi connectivity index (χ1) is 12.7. The van der Waals surface area contributed by atoms with Crippen molar-refractivity contribution in [1.82, 2.24) is 9.88 Å². The van der Waals surface area contributed by atoms with Gasteiger partial charge in [0, 0.05) is 24.7 Å². The van der Waals surface area contributed by atoms with Crippen molar-refractivity contribution in [3.8, 4) is 0 Å². The Balaban J connectivity index is 1.65. The smallest absolute Gasteiger partial charge is 0.339 e. The van der Waals surface area contributed by atoms with Gasteiger partial charge in [-0.2, -0.15) is 0 Å². The molecule has 3 rings (SSSR count). The van der Waals surface area contributed by atoms with Crippen molar-refractivity contribution in [1.29, 1.82) is 0 Å². The summed E-state index contributed by atoms with van der Waals surface area (Å²) in [6.07, 6.45) is 1.67. The topological polar surface area (TPSA) is 59.5 Å². The van der Waals surface area contributed by atoms with Gasteiger partial charge in [0.1, 0.15) is 0 Å². The average molecular weight is 348 g/mol. The average Bonchev–Trinajstić information content (AvgIpc) is 2.70.